The Balaban J connectivity index is 1.30. The number of likely N-dealkylation sites (tertiary alicyclic amines) is 1. The van der Waals surface area contributed by atoms with E-state index in [1.807, 2.05) is 34.6 Å². The van der Waals surface area contributed by atoms with Crippen LogP contribution in [0.2, 0.25) is 0 Å². The summed E-state index contributed by atoms with van der Waals surface area (Å²) in [7, 11) is 0. The van der Waals surface area contributed by atoms with Gasteiger partial charge >= 0.3 is 0 Å². The summed E-state index contributed by atoms with van der Waals surface area (Å²) in [6, 6.07) is 6.05. The van der Waals surface area contributed by atoms with Crippen molar-refractivity contribution in [1.82, 2.24) is 14.7 Å². The average molecular weight is 335 g/mol. The molecule has 0 aliphatic carbocycles. The van der Waals surface area contributed by atoms with E-state index in [9.17, 15) is 5.11 Å². The molecule has 2 aromatic rings. The highest BCUT2D eigenvalue weighted by Crippen LogP contribution is 2.19. The van der Waals surface area contributed by atoms with Gasteiger partial charge < -0.3 is 14.7 Å². The van der Waals surface area contributed by atoms with E-state index in [1.165, 1.54) is 17.7 Å². The number of rotatable bonds is 8. The number of ether oxygens (including phenoxy) is 1. The highest BCUT2D eigenvalue weighted by Gasteiger charge is 2.21. The van der Waals surface area contributed by atoms with E-state index >= 15 is 0 Å². The third-order valence-electron chi connectivity index (χ3n) is 4.32. The zero-order chi connectivity index (χ0) is 15.9. The van der Waals surface area contributed by atoms with Gasteiger partial charge in [0.05, 0.1) is 19.3 Å². The van der Waals surface area contributed by atoms with Crippen molar-refractivity contribution in [2.75, 3.05) is 26.2 Å². The maximum atomic E-state index is 10.1. The number of β-amino-alcohol motifs (C(OH)–C–C–N with tert-alkyl or cyclic N) is 1. The standard InChI is InChI=1S/C17H25N3O2S/c21-16(13-22-14-17-3-1-10-23-17)12-19-8-4-15(5-9-19)11-20-7-2-6-18-20/h1-3,6-7,10,15-16,21H,4-5,8-9,11-14H2/t16-/m1/s1. The second-order valence-corrected chi connectivity index (χ2v) is 7.25. The van der Waals surface area contributed by atoms with Crippen LogP contribution in [0.1, 0.15) is 17.7 Å². The molecule has 2 aromatic heterocycles. The third-order valence-corrected chi connectivity index (χ3v) is 5.17. The van der Waals surface area contributed by atoms with Crippen LogP contribution in [0.15, 0.2) is 36.0 Å². The lowest BCUT2D eigenvalue weighted by Gasteiger charge is -2.33. The van der Waals surface area contributed by atoms with Gasteiger partial charge in [0, 0.05) is 30.4 Å². The molecule has 0 saturated carbocycles. The van der Waals surface area contributed by atoms with Crippen LogP contribution in [0, 0.1) is 5.92 Å². The third kappa shape index (κ3) is 5.42. The van der Waals surface area contributed by atoms with Crippen LogP contribution in [0.3, 0.4) is 0 Å². The minimum absolute atomic E-state index is 0.405. The largest absolute Gasteiger partial charge is 0.389 e. The summed E-state index contributed by atoms with van der Waals surface area (Å²) in [6.45, 7) is 4.82. The summed E-state index contributed by atoms with van der Waals surface area (Å²) in [5.74, 6) is 0.693. The number of piperidine rings is 1. The van der Waals surface area contributed by atoms with Crippen molar-refractivity contribution < 1.29 is 9.84 Å². The van der Waals surface area contributed by atoms with Crippen molar-refractivity contribution in [1.29, 1.82) is 0 Å². The normalized spacial score (nSPS) is 18.3. The van der Waals surface area contributed by atoms with Crippen LogP contribution in [-0.4, -0.2) is 52.1 Å². The van der Waals surface area contributed by atoms with Gasteiger partial charge in [-0.1, -0.05) is 6.07 Å². The van der Waals surface area contributed by atoms with Gasteiger partial charge in [0.1, 0.15) is 0 Å². The van der Waals surface area contributed by atoms with E-state index in [0.29, 0.717) is 25.7 Å². The van der Waals surface area contributed by atoms with Crippen LogP contribution >= 0.6 is 11.3 Å². The highest BCUT2D eigenvalue weighted by molar-refractivity contribution is 7.09. The number of thiophene rings is 1. The van der Waals surface area contributed by atoms with Gasteiger partial charge in [-0.25, -0.2) is 0 Å². The van der Waals surface area contributed by atoms with E-state index in [2.05, 4.69) is 16.1 Å². The first-order valence-corrected chi connectivity index (χ1v) is 9.15. The molecular formula is C17H25N3O2S. The van der Waals surface area contributed by atoms with Crippen molar-refractivity contribution in [3.05, 3.63) is 40.8 Å². The van der Waals surface area contributed by atoms with Crippen molar-refractivity contribution in [2.45, 2.75) is 32.1 Å². The zero-order valence-corrected chi connectivity index (χ0v) is 14.2. The van der Waals surface area contributed by atoms with Crippen molar-refractivity contribution >= 4 is 11.3 Å². The van der Waals surface area contributed by atoms with E-state index in [1.54, 1.807) is 11.3 Å². The highest BCUT2D eigenvalue weighted by atomic mass is 32.1. The van der Waals surface area contributed by atoms with Crippen molar-refractivity contribution in [3.8, 4) is 0 Å². The molecule has 0 spiro atoms. The fourth-order valence-electron chi connectivity index (χ4n) is 3.07. The first-order chi connectivity index (χ1) is 11.3. The molecule has 1 N–H and O–H groups in total. The molecule has 1 fully saturated rings. The molecule has 0 amide bonds. The zero-order valence-electron chi connectivity index (χ0n) is 13.4. The van der Waals surface area contributed by atoms with Gasteiger partial charge in [-0.15, -0.1) is 11.3 Å². The maximum Gasteiger partial charge on any atom is 0.0900 e. The van der Waals surface area contributed by atoms with Gasteiger partial charge in [0.15, 0.2) is 0 Å². The molecule has 0 unspecified atom stereocenters. The summed E-state index contributed by atoms with van der Waals surface area (Å²) < 4.78 is 7.62. The molecule has 1 atom stereocenters. The van der Waals surface area contributed by atoms with Crippen molar-refractivity contribution in [3.63, 3.8) is 0 Å². The quantitative estimate of drug-likeness (QED) is 0.804. The summed E-state index contributed by atoms with van der Waals surface area (Å²) in [5, 5.41) is 16.5. The van der Waals surface area contributed by atoms with Crippen LogP contribution in [-0.2, 0) is 17.9 Å². The second-order valence-electron chi connectivity index (χ2n) is 6.22. The number of aromatic nitrogens is 2. The van der Waals surface area contributed by atoms with Gasteiger partial charge in [0.2, 0.25) is 0 Å². The second kappa shape index (κ2) is 8.59. The Bertz CT molecular complexity index is 536. The Morgan fingerprint density at radius 3 is 2.91 bits per heavy atom. The lowest BCUT2D eigenvalue weighted by molar-refractivity contribution is 0.00463. The summed E-state index contributed by atoms with van der Waals surface area (Å²) >= 11 is 1.69. The van der Waals surface area contributed by atoms with Crippen LogP contribution in [0.25, 0.3) is 0 Å². The Labute approximate surface area is 141 Å². The Kier molecular flexibility index (Phi) is 6.21. The first kappa shape index (κ1) is 16.6. The smallest absolute Gasteiger partial charge is 0.0900 e. The molecule has 3 rings (SSSR count). The SMILES string of the molecule is O[C@@H](COCc1cccs1)CN1CCC(Cn2cccn2)CC1. The van der Waals surface area contributed by atoms with Crippen molar-refractivity contribution in [2.24, 2.45) is 5.92 Å². The molecule has 5 nitrogen and oxygen atoms in total. The lowest BCUT2D eigenvalue weighted by Crippen LogP contribution is -2.41. The monoisotopic (exact) mass is 335 g/mol. The van der Waals surface area contributed by atoms with Crippen LogP contribution < -0.4 is 0 Å². The van der Waals surface area contributed by atoms with E-state index < -0.39 is 6.10 Å². The molecular weight excluding hydrogens is 310 g/mol. The summed E-state index contributed by atoms with van der Waals surface area (Å²) in [6.07, 6.45) is 5.80. The minimum Gasteiger partial charge on any atom is -0.389 e. The minimum atomic E-state index is -0.405. The number of hydrogen-bond acceptors (Lipinski definition) is 5. The molecule has 0 bridgehead atoms. The molecule has 126 valence electrons. The number of hydrogen-bond donors (Lipinski definition) is 1. The molecule has 1 aliphatic heterocycles. The van der Waals surface area contributed by atoms with Gasteiger partial charge in [-0.05, 0) is 49.4 Å². The molecule has 0 aromatic carbocycles. The average Bonchev–Trinajstić information content (AvgIpc) is 3.23. The molecule has 1 saturated heterocycles. The predicted molar refractivity (Wildman–Crippen MR) is 91.4 cm³/mol. The molecule has 23 heavy (non-hydrogen) atoms. The fraction of sp³-hybridized carbons (Fsp3) is 0.588. The van der Waals surface area contributed by atoms with Gasteiger partial charge in [-0.2, -0.15) is 5.10 Å². The van der Waals surface area contributed by atoms with Crippen LogP contribution in [0.5, 0.6) is 0 Å². The predicted octanol–water partition coefficient (Wildman–Crippen LogP) is 2.23. The fourth-order valence-corrected chi connectivity index (χ4v) is 3.71. The van der Waals surface area contributed by atoms with E-state index in [0.717, 1.165) is 19.6 Å². The first-order valence-electron chi connectivity index (χ1n) is 8.27. The summed E-state index contributed by atoms with van der Waals surface area (Å²) in [4.78, 5) is 3.55. The number of aliphatic hydroxyl groups is 1. The van der Waals surface area contributed by atoms with Gasteiger partial charge in [0.25, 0.3) is 0 Å². The molecule has 3 heterocycles. The van der Waals surface area contributed by atoms with E-state index in [4.69, 9.17) is 4.74 Å². The maximum absolute atomic E-state index is 10.1. The van der Waals surface area contributed by atoms with E-state index in [-0.39, 0.29) is 0 Å². The Morgan fingerprint density at radius 1 is 1.35 bits per heavy atom. The number of nitrogens with zero attached hydrogens (tertiary/aromatic N) is 3. The van der Waals surface area contributed by atoms with Crippen LogP contribution in [0.4, 0.5) is 0 Å². The Morgan fingerprint density at radius 2 is 2.22 bits per heavy atom. The summed E-state index contributed by atoms with van der Waals surface area (Å²) in [5.41, 5.74) is 0. The lowest BCUT2D eigenvalue weighted by atomic mass is 9.96. The number of aliphatic hydroxyl groups excluding tert-OH is 1. The Hall–Kier alpha value is -1.21. The van der Waals surface area contributed by atoms with Gasteiger partial charge in [-0.3, -0.25) is 4.68 Å². The molecule has 6 heteroatoms. The molecule has 0 radical (unpaired) electrons. The molecule has 1 aliphatic rings. The topological polar surface area (TPSA) is 50.5 Å².